The summed E-state index contributed by atoms with van der Waals surface area (Å²) in [6, 6.07) is 6.12. The normalized spacial score (nSPS) is 11.6. The maximum atomic E-state index is 5.48. The summed E-state index contributed by atoms with van der Waals surface area (Å²) in [6.45, 7) is 2.60. The average Bonchev–Trinajstić information content (AvgIpc) is 2.58. The molecule has 0 unspecified atom stereocenters. The first-order chi connectivity index (χ1) is 6.83. The fourth-order valence-corrected chi connectivity index (χ4v) is 1.53. The monoisotopic (exact) mass is 187 g/mol. The van der Waals surface area contributed by atoms with E-state index < -0.39 is 0 Å². The Morgan fingerprint density at radius 1 is 1.43 bits per heavy atom. The molecule has 2 rings (SSSR count). The van der Waals surface area contributed by atoms with Gasteiger partial charge in [-0.2, -0.15) is 0 Å². The van der Waals surface area contributed by atoms with Crippen molar-refractivity contribution in [3.05, 3.63) is 41.7 Å². The molecule has 0 aliphatic rings. The molecule has 0 fully saturated rings. The summed E-state index contributed by atoms with van der Waals surface area (Å²) in [4.78, 5) is 0. The van der Waals surface area contributed by atoms with Crippen LogP contribution in [0.4, 0.5) is 0 Å². The lowest BCUT2D eigenvalue weighted by molar-refractivity contribution is 0.612. The van der Waals surface area contributed by atoms with E-state index >= 15 is 0 Å². The standard InChI is InChI=1S/C12H13NO/c1-9-8-14-12-10(5-3-7-13)4-2-6-11(9)12/h2-6,8H,7,13H2,1H3/b5-3+. The molecular weight excluding hydrogens is 174 g/mol. The number of nitrogens with two attached hydrogens (primary N) is 1. The Balaban J connectivity index is 2.60. The highest BCUT2D eigenvalue weighted by atomic mass is 16.3. The molecule has 72 valence electrons. The first-order valence-corrected chi connectivity index (χ1v) is 4.66. The third-order valence-corrected chi connectivity index (χ3v) is 2.26. The summed E-state index contributed by atoms with van der Waals surface area (Å²) >= 11 is 0. The second-order valence-corrected chi connectivity index (χ2v) is 3.28. The van der Waals surface area contributed by atoms with E-state index in [1.165, 1.54) is 10.9 Å². The quantitative estimate of drug-likeness (QED) is 0.785. The maximum absolute atomic E-state index is 5.48. The summed E-state index contributed by atoms with van der Waals surface area (Å²) in [7, 11) is 0. The molecule has 0 atom stereocenters. The van der Waals surface area contributed by atoms with Gasteiger partial charge in [0.25, 0.3) is 0 Å². The van der Waals surface area contributed by atoms with E-state index in [2.05, 4.69) is 6.07 Å². The molecule has 1 aromatic carbocycles. The molecule has 2 heteroatoms. The van der Waals surface area contributed by atoms with Gasteiger partial charge < -0.3 is 10.2 Å². The molecule has 0 saturated heterocycles. The van der Waals surface area contributed by atoms with Gasteiger partial charge in [-0.25, -0.2) is 0 Å². The van der Waals surface area contributed by atoms with Gasteiger partial charge in [0.05, 0.1) is 6.26 Å². The van der Waals surface area contributed by atoms with E-state index in [-0.39, 0.29) is 0 Å². The molecule has 14 heavy (non-hydrogen) atoms. The van der Waals surface area contributed by atoms with Crippen molar-refractivity contribution in [2.45, 2.75) is 6.92 Å². The summed E-state index contributed by atoms with van der Waals surface area (Å²) in [6.07, 6.45) is 5.70. The number of aryl methyl sites for hydroxylation is 1. The van der Waals surface area contributed by atoms with Gasteiger partial charge in [-0.05, 0) is 12.5 Å². The van der Waals surface area contributed by atoms with E-state index in [0.29, 0.717) is 6.54 Å². The number of hydrogen-bond donors (Lipinski definition) is 1. The van der Waals surface area contributed by atoms with Crippen molar-refractivity contribution in [2.75, 3.05) is 6.54 Å². The summed E-state index contributed by atoms with van der Waals surface area (Å²) in [5.41, 5.74) is 8.60. The zero-order valence-corrected chi connectivity index (χ0v) is 8.16. The number of hydrogen-bond acceptors (Lipinski definition) is 2. The lowest BCUT2D eigenvalue weighted by Gasteiger charge is -1.95. The molecule has 0 radical (unpaired) electrons. The van der Waals surface area contributed by atoms with Gasteiger partial charge in [-0.3, -0.25) is 0 Å². The Morgan fingerprint density at radius 3 is 3.07 bits per heavy atom. The molecule has 1 aromatic heterocycles. The first-order valence-electron chi connectivity index (χ1n) is 4.66. The third kappa shape index (κ3) is 1.44. The van der Waals surface area contributed by atoms with Crippen molar-refractivity contribution >= 4 is 17.0 Å². The molecule has 0 bridgehead atoms. The van der Waals surface area contributed by atoms with Gasteiger partial charge in [0.2, 0.25) is 0 Å². The number of para-hydroxylation sites is 1. The molecular formula is C12H13NO. The van der Waals surface area contributed by atoms with Crippen LogP contribution in [0.5, 0.6) is 0 Å². The summed E-state index contributed by atoms with van der Waals surface area (Å²) in [5, 5.41) is 1.17. The Labute approximate surface area is 83.0 Å². The minimum absolute atomic E-state index is 0.552. The predicted octanol–water partition coefficient (Wildman–Crippen LogP) is 2.71. The Kier molecular flexibility index (Phi) is 2.37. The molecule has 0 aliphatic heterocycles. The topological polar surface area (TPSA) is 39.2 Å². The van der Waals surface area contributed by atoms with Crippen LogP contribution in [0.1, 0.15) is 11.1 Å². The number of fused-ring (bicyclic) bond motifs is 1. The maximum Gasteiger partial charge on any atom is 0.141 e. The van der Waals surface area contributed by atoms with Crippen LogP contribution >= 0.6 is 0 Å². The van der Waals surface area contributed by atoms with Crippen LogP contribution in [-0.4, -0.2) is 6.54 Å². The van der Waals surface area contributed by atoms with Crippen molar-refractivity contribution in [3.8, 4) is 0 Å². The van der Waals surface area contributed by atoms with Crippen LogP contribution in [0, 0.1) is 6.92 Å². The van der Waals surface area contributed by atoms with E-state index in [1.807, 2.05) is 31.2 Å². The van der Waals surface area contributed by atoms with Gasteiger partial charge in [0, 0.05) is 17.5 Å². The van der Waals surface area contributed by atoms with E-state index in [1.54, 1.807) is 6.26 Å². The third-order valence-electron chi connectivity index (χ3n) is 2.26. The van der Waals surface area contributed by atoms with Gasteiger partial charge >= 0.3 is 0 Å². The van der Waals surface area contributed by atoms with Crippen LogP contribution in [0.25, 0.3) is 17.0 Å². The van der Waals surface area contributed by atoms with Crippen molar-refractivity contribution in [2.24, 2.45) is 5.73 Å². The molecule has 0 saturated carbocycles. The zero-order valence-electron chi connectivity index (χ0n) is 8.16. The molecule has 2 aromatic rings. The van der Waals surface area contributed by atoms with Gasteiger partial charge in [-0.15, -0.1) is 0 Å². The summed E-state index contributed by atoms with van der Waals surface area (Å²) < 4.78 is 5.48. The molecule has 0 aliphatic carbocycles. The van der Waals surface area contributed by atoms with E-state index in [0.717, 1.165) is 11.1 Å². The highest BCUT2D eigenvalue weighted by Crippen LogP contribution is 2.24. The molecule has 2 nitrogen and oxygen atoms in total. The second kappa shape index (κ2) is 3.68. The van der Waals surface area contributed by atoms with Crippen LogP contribution < -0.4 is 5.73 Å². The smallest absolute Gasteiger partial charge is 0.141 e. The van der Waals surface area contributed by atoms with Gasteiger partial charge in [0.1, 0.15) is 5.58 Å². The van der Waals surface area contributed by atoms with Crippen molar-refractivity contribution in [1.82, 2.24) is 0 Å². The van der Waals surface area contributed by atoms with Crippen molar-refractivity contribution in [3.63, 3.8) is 0 Å². The van der Waals surface area contributed by atoms with Crippen LogP contribution in [0.15, 0.2) is 35.0 Å². The highest BCUT2D eigenvalue weighted by Gasteiger charge is 2.03. The lowest BCUT2D eigenvalue weighted by Crippen LogP contribution is -1.91. The predicted molar refractivity (Wildman–Crippen MR) is 59.0 cm³/mol. The number of rotatable bonds is 2. The highest BCUT2D eigenvalue weighted by molar-refractivity contribution is 5.88. The Morgan fingerprint density at radius 2 is 2.29 bits per heavy atom. The molecule has 1 heterocycles. The Hall–Kier alpha value is -1.54. The second-order valence-electron chi connectivity index (χ2n) is 3.28. The van der Waals surface area contributed by atoms with Crippen LogP contribution in [0.2, 0.25) is 0 Å². The molecule has 2 N–H and O–H groups in total. The number of benzene rings is 1. The minimum Gasteiger partial charge on any atom is -0.463 e. The van der Waals surface area contributed by atoms with E-state index in [4.69, 9.17) is 10.2 Å². The molecule has 0 amide bonds. The number of furan rings is 1. The van der Waals surface area contributed by atoms with Gasteiger partial charge in [-0.1, -0.05) is 30.4 Å². The largest absolute Gasteiger partial charge is 0.463 e. The van der Waals surface area contributed by atoms with Crippen molar-refractivity contribution in [1.29, 1.82) is 0 Å². The molecule has 0 spiro atoms. The lowest BCUT2D eigenvalue weighted by atomic mass is 10.1. The van der Waals surface area contributed by atoms with E-state index in [9.17, 15) is 0 Å². The van der Waals surface area contributed by atoms with Gasteiger partial charge in [0.15, 0.2) is 0 Å². The SMILES string of the molecule is Cc1coc2c(/C=C/CN)cccc12. The summed E-state index contributed by atoms with van der Waals surface area (Å²) in [5.74, 6) is 0. The zero-order chi connectivity index (χ0) is 9.97. The average molecular weight is 187 g/mol. The Bertz CT molecular complexity index is 468. The van der Waals surface area contributed by atoms with Crippen LogP contribution in [0.3, 0.4) is 0 Å². The fourth-order valence-electron chi connectivity index (χ4n) is 1.53. The first kappa shape index (κ1) is 9.03. The minimum atomic E-state index is 0.552. The van der Waals surface area contributed by atoms with Crippen molar-refractivity contribution < 1.29 is 4.42 Å². The fraction of sp³-hybridized carbons (Fsp3) is 0.167. The van der Waals surface area contributed by atoms with Crippen LogP contribution in [-0.2, 0) is 0 Å².